The third-order valence-corrected chi connectivity index (χ3v) is 4.01. The van der Waals surface area contributed by atoms with Crippen LogP contribution in [0.5, 0.6) is 5.75 Å². The molecule has 0 aliphatic rings. The number of hydrogen-bond donors (Lipinski definition) is 0. The molecule has 0 atom stereocenters. The molecular weight excluding hydrogens is 284 g/mol. The Labute approximate surface area is 135 Å². The van der Waals surface area contributed by atoms with Crippen LogP contribution in [0.15, 0.2) is 83.3 Å². The molecule has 0 spiro atoms. The molecule has 0 saturated carbocycles. The van der Waals surface area contributed by atoms with Crippen LogP contribution in [0.2, 0.25) is 0 Å². The predicted molar refractivity (Wildman–Crippen MR) is 93.6 cm³/mol. The van der Waals surface area contributed by atoms with Gasteiger partial charge in [-0.05, 0) is 35.9 Å². The molecule has 4 aromatic rings. The fourth-order valence-corrected chi connectivity index (χ4v) is 2.88. The van der Waals surface area contributed by atoms with Crippen molar-refractivity contribution in [2.24, 2.45) is 0 Å². The highest BCUT2D eigenvalue weighted by Gasteiger charge is 2.17. The summed E-state index contributed by atoms with van der Waals surface area (Å²) in [6.07, 6.45) is 0. The zero-order chi connectivity index (χ0) is 15.6. The SMILES string of the molecule is COc1ccc(-c2oc3ccccc3c2-c2ccccc2)cc1. The van der Waals surface area contributed by atoms with Crippen molar-refractivity contribution in [1.29, 1.82) is 0 Å². The Morgan fingerprint density at radius 3 is 2.13 bits per heavy atom. The molecule has 0 radical (unpaired) electrons. The Balaban J connectivity index is 1.98. The summed E-state index contributed by atoms with van der Waals surface area (Å²) in [5.41, 5.74) is 4.23. The molecule has 112 valence electrons. The van der Waals surface area contributed by atoms with Gasteiger partial charge in [-0.2, -0.15) is 0 Å². The van der Waals surface area contributed by atoms with Crippen LogP contribution in [-0.4, -0.2) is 7.11 Å². The Kier molecular flexibility index (Phi) is 3.35. The lowest BCUT2D eigenvalue weighted by molar-refractivity contribution is 0.415. The number of rotatable bonds is 3. The second kappa shape index (κ2) is 5.65. The number of methoxy groups -OCH3 is 1. The van der Waals surface area contributed by atoms with Gasteiger partial charge in [-0.1, -0.05) is 48.5 Å². The summed E-state index contributed by atoms with van der Waals surface area (Å²) in [7, 11) is 1.67. The van der Waals surface area contributed by atoms with Crippen LogP contribution >= 0.6 is 0 Å². The van der Waals surface area contributed by atoms with Crippen molar-refractivity contribution in [3.63, 3.8) is 0 Å². The number of benzene rings is 3. The van der Waals surface area contributed by atoms with E-state index in [9.17, 15) is 0 Å². The Hall–Kier alpha value is -3.00. The van der Waals surface area contributed by atoms with Crippen LogP contribution < -0.4 is 4.74 Å². The fraction of sp³-hybridized carbons (Fsp3) is 0.0476. The van der Waals surface area contributed by atoms with Crippen molar-refractivity contribution < 1.29 is 9.15 Å². The number of hydrogen-bond acceptors (Lipinski definition) is 2. The van der Waals surface area contributed by atoms with Crippen molar-refractivity contribution in [2.75, 3.05) is 7.11 Å². The summed E-state index contributed by atoms with van der Waals surface area (Å²) in [6, 6.07) is 26.5. The zero-order valence-electron chi connectivity index (χ0n) is 12.8. The van der Waals surface area contributed by atoms with E-state index in [0.717, 1.165) is 39.2 Å². The molecule has 2 nitrogen and oxygen atoms in total. The highest BCUT2D eigenvalue weighted by Crippen LogP contribution is 2.40. The van der Waals surface area contributed by atoms with E-state index in [-0.39, 0.29) is 0 Å². The van der Waals surface area contributed by atoms with Crippen molar-refractivity contribution in [3.05, 3.63) is 78.9 Å². The van der Waals surface area contributed by atoms with Crippen LogP contribution in [0.25, 0.3) is 33.4 Å². The molecular formula is C21H16O2. The molecule has 1 heterocycles. The van der Waals surface area contributed by atoms with Crippen molar-refractivity contribution in [3.8, 4) is 28.2 Å². The summed E-state index contributed by atoms with van der Waals surface area (Å²) < 4.78 is 11.4. The Morgan fingerprint density at radius 1 is 0.696 bits per heavy atom. The van der Waals surface area contributed by atoms with Gasteiger partial charge in [0.15, 0.2) is 0 Å². The van der Waals surface area contributed by atoms with E-state index in [0.29, 0.717) is 0 Å². The number of furan rings is 1. The van der Waals surface area contributed by atoms with E-state index in [1.54, 1.807) is 7.11 Å². The summed E-state index contributed by atoms with van der Waals surface area (Å²) in [6.45, 7) is 0. The van der Waals surface area contributed by atoms with Crippen molar-refractivity contribution >= 4 is 11.0 Å². The summed E-state index contributed by atoms with van der Waals surface area (Å²) in [5, 5.41) is 1.13. The predicted octanol–water partition coefficient (Wildman–Crippen LogP) is 5.78. The molecule has 0 aliphatic heterocycles. The van der Waals surface area contributed by atoms with Gasteiger partial charge < -0.3 is 9.15 Å². The topological polar surface area (TPSA) is 22.4 Å². The molecule has 0 unspecified atom stereocenters. The van der Waals surface area contributed by atoms with Gasteiger partial charge in [0.25, 0.3) is 0 Å². The van der Waals surface area contributed by atoms with Crippen LogP contribution in [0.1, 0.15) is 0 Å². The van der Waals surface area contributed by atoms with Gasteiger partial charge in [-0.25, -0.2) is 0 Å². The first-order valence-electron chi connectivity index (χ1n) is 7.58. The minimum absolute atomic E-state index is 0.839. The van der Waals surface area contributed by atoms with Gasteiger partial charge in [0.2, 0.25) is 0 Å². The molecule has 3 aromatic carbocycles. The van der Waals surface area contributed by atoms with Crippen LogP contribution in [0.4, 0.5) is 0 Å². The van der Waals surface area contributed by atoms with E-state index < -0.39 is 0 Å². The second-order valence-electron chi connectivity index (χ2n) is 5.40. The molecule has 0 aliphatic carbocycles. The maximum absolute atomic E-state index is 6.17. The van der Waals surface area contributed by atoms with Gasteiger partial charge in [0.1, 0.15) is 17.1 Å². The minimum Gasteiger partial charge on any atom is -0.497 e. The maximum atomic E-state index is 6.17. The van der Waals surface area contributed by atoms with E-state index in [1.165, 1.54) is 0 Å². The monoisotopic (exact) mass is 300 g/mol. The molecule has 0 N–H and O–H groups in total. The van der Waals surface area contributed by atoms with Gasteiger partial charge in [0.05, 0.1) is 7.11 Å². The van der Waals surface area contributed by atoms with Gasteiger partial charge in [-0.15, -0.1) is 0 Å². The van der Waals surface area contributed by atoms with E-state index in [4.69, 9.17) is 9.15 Å². The van der Waals surface area contributed by atoms with Crippen molar-refractivity contribution in [2.45, 2.75) is 0 Å². The molecule has 1 aromatic heterocycles. The lowest BCUT2D eigenvalue weighted by atomic mass is 9.99. The zero-order valence-corrected chi connectivity index (χ0v) is 12.8. The first-order chi connectivity index (χ1) is 11.4. The highest BCUT2D eigenvalue weighted by atomic mass is 16.5. The fourth-order valence-electron chi connectivity index (χ4n) is 2.88. The number of ether oxygens (including phenoxy) is 1. The normalized spacial score (nSPS) is 10.8. The van der Waals surface area contributed by atoms with E-state index in [1.807, 2.05) is 48.5 Å². The van der Waals surface area contributed by atoms with Crippen LogP contribution in [-0.2, 0) is 0 Å². The van der Waals surface area contributed by atoms with E-state index in [2.05, 4.69) is 30.3 Å². The van der Waals surface area contributed by atoms with Gasteiger partial charge >= 0.3 is 0 Å². The van der Waals surface area contributed by atoms with Crippen LogP contribution in [0.3, 0.4) is 0 Å². The standard InChI is InChI=1S/C21H16O2/c1-22-17-13-11-16(12-14-17)21-20(15-7-3-2-4-8-15)18-9-5-6-10-19(18)23-21/h2-14H,1H3. The molecule has 2 heteroatoms. The largest absolute Gasteiger partial charge is 0.497 e. The first kappa shape index (κ1) is 13.6. The maximum Gasteiger partial charge on any atom is 0.143 e. The lowest BCUT2D eigenvalue weighted by Gasteiger charge is -2.05. The summed E-state index contributed by atoms with van der Waals surface area (Å²) >= 11 is 0. The summed E-state index contributed by atoms with van der Waals surface area (Å²) in [5.74, 6) is 1.73. The van der Waals surface area contributed by atoms with Gasteiger partial charge in [0, 0.05) is 16.5 Å². The van der Waals surface area contributed by atoms with Gasteiger partial charge in [-0.3, -0.25) is 0 Å². The number of para-hydroxylation sites is 1. The Bertz CT molecular complexity index is 935. The lowest BCUT2D eigenvalue weighted by Crippen LogP contribution is -1.83. The second-order valence-corrected chi connectivity index (χ2v) is 5.40. The van der Waals surface area contributed by atoms with E-state index >= 15 is 0 Å². The van der Waals surface area contributed by atoms with Crippen LogP contribution in [0, 0.1) is 0 Å². The summed E-state index contributed by atoms with van der Waals surface area (Å²) in [4.78, 5) is 0. The molecule has 4 rings (SSSR count). The molecule has 0 bridgehead atoms. The molecule has 0 amide bonds. The molecule has 0 saturated heterocycles. The molecule has 0 fully saturated rings. The highest BCUT2D eigenvalue weighted by molar-refractivity contribution is 6.01. The average molecular weight is 300 g/mol. The average Bonchev–Trinajstić information content (AvgIpc) is 3.02. The third-order valence-electron chi connectivity index (χ3n) is 4.01. The third kappa shape index (κ3) is 2.38. The first-order valence-corrected chi connectivity index (χ1v) is 7.58. The molecule has 23 heavy (non-hydrogen) atoms. The quantitative estimate of drug-likeness (QED) is 0.479. The van der Waals surface area contributed by atoms with Crippen molar-refractivity contribution in [1.82, 2.24) is 0 Å². The minimum atomic E-state index is 0.839. The smallest absolute Gasteiger partial charge is 0.143 e. The number of fused-ring (bicyclic) bond motifs is 1. The Morgan fingerprint density at radius 2 is 1.39 bits per heavy atom.